The van der Waals surface area contributed by atoms with Crippen LogP contribution in [0.15, 0.2) is 29.3 Å². The zero-order valence-electron chi connectivity index (χ0n) is 15.9. The van der Waals surface area contributed by atoms with Gasteiger partial charge < -0.3 is 5.32 Å². The van der Waals surface area contributed by atoms with E-state index in [0.29, 0.717) is 12.0 Å². The molecule has 26 heavy (non-hydrogen) atoms. The number of anilines is 1. The highest BCUT2D eigenvalue weighted by Gasteiger charge is 2.32. The minimum absolute atomic E-state index is 0.598. The molecule has 1 aromatic carbocycles. The Labute approximate surface area is 155 Å². The number of hydrogen-bond acceptors (Lipinski definition) is 6. The molecule has 138 valence electrons. The topological polar surface area (TPSA) is 65.4 Å². The number of nitrogens with one attached hydrogen (secondary N) is 2. The summed E-state index contributed by atoms with van der Waals surface area (Å²) in [6, 6.07) is 8.70. The summed E-state index contributed by atoms with van der Waals surface area (Å²) in [5.41, 5.74) is 1.92. The standard InChI is InChI=1S/C20H28N6/c1-13-7-6-10-18(14(13)2)26-11-21-19(22-12-26)25-20-23-15(3)16-8-4-5-9-17(16)24-20/h4-5,8-9,13-14,18H,6-7,10-12H2,1-3H3,(H2,21,22,23,24,25)/t13-,14-,18-/m1/s1. The highest BCUT2D eigenvalue weighted by Crippen LogP contribution is 2.32. The number of para-hydroxylation sites is 1. The van der Waals surface area contributed by atoms with E-state index in [1.165, 1.54) is 19.3 Å². The molecule has 1 aliphatic heterocycles. The van der Waals surface area contributed by atoms with E-state index in [2.05, 4.69) is 45.4 Å². The Morgan fingerprint density at radius 3 is 2.81 bits per heavy atom. The molecule has 0 unspecified atom stereocenters. The summed E-state index contributed by atoms with van der Waals surface area (Å²) < 4.78 is 0. The van der Waals surface area contributed by atoms with E-state index in [9.17, 15) is 0 Å². The van der Waals surface area contributed by atoms with Crippen LogP contribution in [0.1, 0.15) is 38.8 Å². The minimum atomic E-state index is 0.598. The molecule has 2 aliphatic rings. The maximum Gasteiger partial charge on any atom is 0.230 e. The van der Waals surface area contributed by atoms with Gasteiger partial charge >= 0.3 is 0 Å². The third-order valence-corrected chi connectivity index (χ3v) is 6.02. The Balaban J connectivity index is 1.45. The van der Waals surface area contributed by atoms with Crippen molar-refractivity contribution in [2.75, 3.05) is 18.7 Å². The molecule has 6 nitrogen and oxygen atoms in total. The van der Waals surface area contributed by atoms with E-state index in [1.54, 1.807) is 0 Å². The van der Waals surface area contributed by atoms with E-state index in [0.717, 1.165) is 47.7 Å². The lowest BCUT2D eigenvalue weighted by atomic mass is 9.77. The van der Waals surface area contributed by atoms with Crippen LogP contribution in [0.3, 0.4) is 0 Å². The van der Waals surface area contributed by atoms with Crippen molar-refractivity contribution < 1.29 is 0 Å². The van der Waals surface area contributed by atoms with Gasteiger partial charge in [0.15, 0.2) is 0 Å². The van der Waals surface area contributed by atoms with Gasteiger partial charge in [-0.25, -0.2) is 15.0 Å². The molecule has 2 aromatic rings. The predicted molar refractivity (Wildman–Crippen MR) is 106 cm³/mol. The van der Waals surface area contributed by atoms with Gasteiger partial charge in [0.25, 0.3) is 0 Å². The second-order valence-corrected chi connectivity index (χ2v) is 7.68. The molecule has 2 heterocycles. The van der Waals surface area contributed by atoms with Crippen molar-refractivity contribution in [3.05, 3.63) is 30.0 Å². The van der Waals surface area contributed by atoms with Crippen LogP contribution in [0, 0.1) is 18.8 Å². The van der Waals surface area contributed by atoms with Crippen LogP contribution in [0.25, 0.3) is 10.9 Å². The maximum atomic E-state index is 4.69. The smallest absolute Gasteiger partial charge is 0.230 e. The molecule has 1 aromatic heterocycles. The van der Waals surface area contributed by atoms with Crippen LogP contribution >= 0.6 is 0 Å². The van der Waals surface area contributed by atoms with Crippen LogP contribution in [-0.2, 0) is 0 Å². The fourth-order valence-corrected chi connectivity index (χ4v) is 4.22. The number of guanidine groups is 1. The van der Waals surface area contributed by atoms with Gasteiger partial charge in [-0.15, -0.1) is 0 Å². The number of hydrogen-bond donors (Lipinski definition) is 2. The first kappa shape index (κ1) is 17.2. The molecule has 2 N–H and O–H groups in total. The minimum Gasteiger partial charge on any atom is -0.343 e. The lowest BCUT2D eigenvalue weighted by molar-refractivity contribution is 0.0771. The van der Waals surface area contributed by atoms with Crippen LogP contribution in [0.2, 0.25) is 0 Å². The summed E-state index contributed by atoms with van der Waals surface area (Å²) in [5.74, 6) is 2.88. The molecule has 0 saturated heterocycles. The van der Waals surface area contributed by atoms with Crippen LogP contribution in [-0.4, -0.2) is 40.2 Å². The normalized spacial score (nSPS) is 27.0. The molecule has 1 aliphatic carbocycles. The molecule has 1 saturated carbocycles. The maximum absolute atomic E-state index is 4.69. The number of nitrogens with zero attached hydrogens (tertiary/aromatic N) is 4. The van der Waals surface area contributed by atoms with E-state index in [-0.39, 0.29) is 0 Å². The Morgan fingerprint density at radius 2 is 2.00 bits per heavy atom. The van der Waals surface area contributed by atoms with Gasteiger partial charge in [0.2, 0.25) is 11.9 Å². The summed E-state index contributed by atoms with van der Waals surface area (Å²) in [6.07, 6.45) is 3.96. The molecular weight excluding hydrogens is 324 g/mol. The summed E-state index contributed by atoms with van der Waals surface area (Å²) in [7, 11) is 0. The number of benzene rings is 1. The zero-order valence-corrected chi connectivity index (χ0v) is 15.9. The van der Waals surface area contributed by atoms with Gasteiger partial charge in [0.1, 0.15) is 0 Å². The Hall–Kier alpha value is -2.21. The zero-order chi connectivity index (χ0) is 18.1. The summed E-state index contributed by atoms with van der Waals surface area (Å²) in [4.78, 5) is 16.3. The molecule has 4 rings (SSSR count). The first-order valence-corrected chi connectivity index (χ1v) is 9.64. The highest BCUT2D eigenvalue weighted by atomic mass is 15.4. The monoisotopic (exact) mass is 352 g/mol. The largest absolute Gasteiger partial charge is 0.343 e. The van der Waals surface area contributed by atoms with Crippen LogP contribution < -0.4 is 10.6 Å². The first-order chi connectivity index (χ1) is 12.6. The van der Waals surface area contributed by atoms with Gasteiger partial charge in [-0.05, 0) is 31.2 Å². The first-order valence-electron chi connectivity index (χ1n) is 9.64. The van der Waals surface area contributed by atoms with Crippen molar-refractivity contribution >= 4 is 22.8 Å². The van der Waals surface area contributed by atoms with Crippen molar-refractivity contribution in [1.82, 2.24) is 20.2 Å². The average Bonchev–Trinajstić information content (AvgIpc) is 2.65. The van der Waals surface area contributed by atoms with Crippen molar-refractivity contribution in [3.63, 3.8) is 0 Å². The van der Waals surface area contributed by atoms with Crippen molar-refractivity contribution in [3.8, 4) is 0 Å². The van der Waals surface area contributed by atoms with Crippen LogP contribution in [0.5, 0.6) is 0 Å². The molecule has 0 amide bonds. The molecule has 0 bridgehead atoms. The number of fused-ring (bicyclic) bond motifs is 1. The Kier molecular flexibility index (Phi) is 4.76. The van der Waals surface area contributed by atoms with Crippen molar-refractivity contribution in [2.45, 2.75) is 46.1 Å². The molecule has 0 spiro atoms. The second-order valence-electron chi connectivity index (χ2n) is 7.68. The van der Waals surface area contributed by atoms with E-state index in [1.807, 2.05) is 25.1 Å². The lowest BCUT2D eigenvalue weighted by Gasteiger charge is -2.42. The van der Waals surface area contributed by atoms with Crippen molar-refractivity contribution in [1.29, 1.82) is 0 Å². The third-order valence-electron chi connectivity index (χ3n) is 6.02. The Bertz CT molecular complexity index is 817. The molecule has 6 heteroatoms. The average molecular weight is 352 g/mol. The second kappa shape index (κ2) is 7.19. The predicted octanol–water partition coefficient (Wildman–Crippen LogP) is 3.35. The van der Waals surface area contributed by atoms with Crippen molar-refractivity contribution in [2.24, 2.45) is 16.8 Å². The fraction of sp³-hybridized carbons (Fsp3) is 0.550. The number of aliphatic imine (C=N–C) groups is 1. The number of rotatable bonds is 2. The highest BCUT2D eigenvalue weighted by molar-refractivity contribution is 5.93. The van der Waals surface area contributed by atoms with E-state index >= 15 is 0 Å². The fourth-order valence-electron chi connectivity index (χ4n) is 4.22. The van der Waals surface area contributed by atoms with Gasteiger partial charge in [-0.1, -0.05) is 44.9 Å². The molecule has 0 radical (unpaired) electrons. The quantitative estimate of drug-likeness (QED) is 0.868. The third kappa shape index (κ3) is 3.38. The SMILES string of the molecule is Cc1nc(NC2=NCN([C@@H]3CCC[C@@H](C)[C@H]3C)CN2)nc2ccccc12. The van der Waals surface area contributed by atoms with Crippen LogP contribution in [0.4, 0.5) is 5.95 Å². The van der Waals surface area contributed by atoms with E-state index < -0.39 is 0 Å². The van der Waals surface area contributed by atoms with E-state index in [4.69, 9.17) is 4.99 Å². The summed E-state index contributed by atoms with van der Waals surface area (Å²) in [6.45, 7) is 8.32. The van der Waals surface area contributed by atoms with Gasteiger partial charge in [0, 0.05) is 11.4 Å². The van der Waals surface area contributed by atoms with Gasteiger partial charge in [-0.2, -0.15) is 0 Å². The summed E-state index contributed by atoms with van der Waals surface area (Å²) in [5, 5.41) is 7.74. The lowest BCUT2D eigenvalue weighted by Crippen LogP contribution is -2.53. The summed E-state index contributed by atoms with van der Waals surface area (Å²) >= 11 is 0. The molecule has 3 atom stereocenters. The Morgan fingerprint density at radius 1 is 1.15 bits per heavy atom. The van der Waals surface area contributed by atoms with Gasteiger partial charge in [-0.3, -0.25) is 10.2 Å². The van der Waals surface area contributed by atoms with Gasteiger partial charge in [0.05, 0.1) is 24.5 Å². The number of aryl methyl sites for hydroxylation is 1. The number of aromatic nitrogens is 2. The molecular formula is C20H28N6. The molecule has 1 fully saturated rings.